The van der Waals surface area contributed by atoms with Crippen LogP contribution in [0.1, 0.15) is 0 Å². The number of nitrogens with two attached hydrogens (primary N) is 1. The molecule has 0 aliphatic rings. The second-order valence-corrected chi connectivity index (χ2v) is 2.65. The third kappa shape index (κ3) is 2.67. The molecule has 0 bridgehead atoms. The molecule has 0 saturated heterocycles. The van der Waals surface area contributed by atoms with Gasteiger partial charge in [-0.1, -0.05) is 0 Å². The van der Waals surface area contributed by atoms with Crippen LogP contribution in [0.2, 0.25) is 0 Å². The number of rotatable bonds is 5. The first kappa shape index (κ1) is 9.94. The minimum Gasteiger partial charge on any atom is -0.378 e. The van der Waals surface area contributed by atoms with E-state index in [-0.39, 0.29) is 5.69 Å². The number of hydrogen-bond donors (Lipinski definition) is 1. The number of nitrogens with zero attached hydrogens (tertiary/aromatic N) is 3. The fourth-order valence-corrected chi connectivity index (χ4v) is 0.910. The van der Waals surface area contributed by atoms with Crippen LogP contribution in [0.3, 0.4) is 0 Å². The van der Waals surface area contributed by atoms with Gasteiger partial charge in [0.05, 0.1) is 19.8 Å². The molecule has 0 atom stereocenters. The Hall–Kier alpha value is -1.14. The zero-order chi connectivity index (χ0) is 9.68. The van der Waals surface area contributed by atoms with Gasteiger partial charge in [-0.05, 0) is 0 Å². The summed E-state index contributed by atoms with van der Waals surface area (Å²) in [6.45, 7) is 1.95. The molecule has 0 aromatic carbocycles. The van der Waals surface area contributed by atoms with Crippen LogP contribution in [-0.2, 0) is 18.3 Å². The molecule has 0 aliphatic carbocycles. The highest BCUT2D eigenvalue weighted by Crippen LogP contribution is 1.79. The molecule has 13 heavy (non-hydrogen) atoms. The van der Waals surface area contributed by atoms with E-state index in [1.165, 1.54) is 15.6 Å². The summed E-state index contributed by atoms with van der Waals surface area (Å²) in [5.41, 5.74) is 5.10. The molecule has 0 saturated carbocycles. The van der Waals surface area contributed by atoms with Crippen molar-refractivity contribution in [2.24, 2.45) is 12.8 Å². The second-order valence-electron chi connectivity index (χ2n) is 2.65. The van der Waals surface area contributed by atoms with Crippen LogP contribution >= 0.6 is 0 Å². The molecule has 0 unspecified atom stereocenters. The van der Waals surface area contributed by atoms with Gasteiger partial charge < -0.3 is 10.5 Å². The van der Waals surface area contributed by atoms with E-state index in [0.717, 1.165) is 0 Å². The highest BCUT2D eigenvalue weighted by molar-refractivity contribution is 4.64. The Kier molecular flexibility index (Phi) is 3.66. The Labute approximate surface area is 75.9 Å². The molecule has 74 valence electrons. The summed E-state index contributed by atoms with van der Waals surface area (Å²) >= 11 is 0. The number of hydrogen-bond acceptors (Lipinski definition) is 4. The standard InChI is InChI=1S/C7H14N4O2/c1-10-6-9-11(7(10)12)3-5-13-4-2-8/h6H,2-5,8H2,1H3. The van der Waals surface area contributed by atoms with Gasteiger partial charge in [-0.2, -0.15) is 5.10 Å². The molecule has 1 rings (SSSR count). The lowest BCUT2D eigenvalue weighted by molar-refractivity contribution is 0.130. The van der Waals surface area contributed by atoms with Gasteiger partial charge in [0.1, 0.15) is 6.33 Å². The zero-order valence-corrected chi connectivity index (χ0v) is 7.64. The van der Waals surface area contributed by atoms with E-state index in [9.17, 15) is 4.79 Å². The van der Waals surface area contributed by atoms with Crippen LogP contribution in [0.15, 0.2) is 11.1 Å². The van der Waals surface area contributed by atoms with Gasteiger partial charge in [0, 0.05) is 13.6 Å². The molecular formula is C7H14N4O2. The van der Waals surface area contributed by atoms with Crippen LogP contribution in [0, 0.1) is 0 Å². The van der Waals surface area contributed by atoms with Crippen molar-refractivity contribution in [2.75, 3.05) is 19.8 Å². The lowest BCUT2D eigenvalue weighted by Crippen LogP contribution is -2.25. The van der Waals surface area contributed by atoms with Gasteiger partial charge >= 0.3 is 5.69 Å². The van der Waals surface area contributed by atoms with Crippen molar-refractivity contribution in [1.29, 1.82) is 0 Å². The predicted octanol–water partition coefficient (Wildman–Crippen LogP) is -1.44. The first-order chi connectivity index (χ1) is 6.25. The Morgan fingerprint density at radius 2 is 2.38 bits per heavy atom. The van der Waals surface area contributed by atoms with Crippen molar-refractivity contribution in [3.8, 4) is 0 Å². The van der Waals surface area contributed by atoms with Crippen molar-refractivity contribution in [3.05, 3.63) is 16.8 Å². The maximum Gasteiger partial charge on any atom is 0.345 e. The lowest BCUT2D eigenvalue weighted by atomic mass is 10.6. The van der Waals surface area contributed by atoms with Crippen molar-refractivity contribution in [3.63, 3.8) is 0 Å². The Morgan fingerprint density at radius 1 is 1.62 bits per heavy atom. The smallest absolute Gasteiger partial charge is 0.345 e. The van der Waals surface area contributed by atoms with Crippen LogP contribution in [-0.4, -0.2) is 34.1 Å². The maximum absolute atomic E-state index is 11.2. The number of aromatic nitrogens is 3. The monoisotopic (exact) mass is 186 g/mol. The average molecular weight is 186 g/mol. The Bertz CT molecular complexity index is 304. The zero-order valence-electron chi connectivity index (χ0n) is 7.64. The SMILES string of the molecule is Cn1cnn(CCOCCN)c1=O. The summed E-state index contributed by atoms with van der Waals surface area (Å²) in [7, 11) is 1.66. The van der Waals surface area contributed by atoms with Crippen molar-refractivity contribution >= 4 is 0 Å². The molecule has 6 heteroatoms. The van der Waals surface area contributed by atoms with E-state index in [1.54, 1.807) is 7.05 Å². The van der Waals surface area contributed by atoms with E-state index in [2.05, 4.69) is 5.10 Å². The molecule has 0 amide bonds. The molecular weight excluding hydrogens is 172 g/mol. The quantitative estimate of drug-likeness (QED) is 0.571. The lowest BCUT2D eigenvalue weighted by Gasteiger charge is -2.00. The molecule has 0 fully saturated rings. The summed E-state index contributed by atoms with van der Waals surface area (Å²) in [5, 5.41) is 3.87. The summed E-state index contributed by atoms with van der Waals surface area (Å²) in [6, 6.07) is 0. The fourth-order valence-electron chi connectivity index (χ4n) is 0.910. The molecule has 0 aliphatic heterocycles. The third-order valence-electron chi connectivity index (χ3n) is 1.60. The summed E-state index contributed by atoms with van der Waals surface area (Å²) in [4.78, 5) is 11.2. The Balaban J connectivity index is 2.37. The van der Waals surface area contributed by atoms with Crippen molar-refractivity contribution in [1.82, 2.24) is 14.3 Å². The summed E-state index contributed by atoms with van der Waals surface area (Å²) < 4.78 is 7.89. The molecule has 1 aromatic heterocycles. The van der Waals surface area contributed by atoms with Crippen LogP contribution < -0.4 is 11.4 Å². The fraction of sp³-hybridized carbons (Fsp3) is 0.714. The first-order valence-corrected chi connectivity index (χ1v) is 4.12. The molecule has 2 N–H and O–H groups in total. The molecule has 1 heterocycles. The van der Waals surface area contributed by atoms with E-state index in [1.807, 2.05) is 0 Å². The van der Waals surface area contributed by atoms with Gasteiger partial charge in [-0.25, -0.2) is 9.48 Å². The van der Waals surface area contributed by atoms with Gasteiger partial charge in [-0.3, -0.25) is 4.57 Å². The largest absolute Gasteiger partial charge is 0.378 e. The average Bonchev–Trinajstić information content (AvgIpc) is 2.43. The maximum atomic E-state index is 11.2. The first-order valence-electron chi connectivity index (χ1n) is 4.12. The van der Waals surface area contributed by atoms with Crippen LogP contribution in [0.25, 0.3) is 0 Å². The number of aryl methyl sites for hydroxylation is 1. The molecule has 0 spiro atoms. The van der Waals surface area contributed by atoms with E-state index in [0.29, 0.717) is 26.3 Å². The minimum atomic E-state index is -0.128. The van der Waals surface area contributed by atoms with Gasteiger partial charge in [-0.15, -0.1) is 0 Å². The molecule has 0 radical (unpaired) electrons. The molecule has 1 aromatic rings. The van der Waals surface area contributed by atoms with Gasteiger partial charge in [0.15, 0.2) is 0 Å². The normalized spacial score (nSPS) is 10.6. The van der Waals surface area contributed by atoms with Gasteiger partial charge in [0.25, 0.3) is 0 Å². The van der Waals surface area contributed by atoms with E-state index < -0.39 is 0 Å². The van der Waals surface area contributed by atoms with E-state index >= 15 is 0 Å². The Morgan fingerprint density at radius 3 is 2.92 bits per heavy atom. The predicted molar refractivity (Wildman–Crippen MR) is 47.3 cm³/mol. The summed E-state index contributed by atoms with van der Waals surface area (Å²) in [5.74, 6) is 0. The van der Waals surface area contributed by atoms with Crippen molar-refractivity contribution < 1.29 is 4.74 Å². The summed E-state index contributed by atoms with van der Waals surface area (Å²) in [6.07, 6.45) is 1.48. The third-order valence-corrected chi connectivity index (χ3v) is 1.60. The molecule has 6 nitrogen and oxygen atoms in total. The minimum absolute atomic E-state index is 0.128. The van der Waals surface area contributed by atoms with Crippen molar-refractivity contribution in [2.45, 2.75) is 6.54 Å². The number of ether oxygens (including phenoxy) is 1. The van der Waals surface area contributed by atoms with Gasteiger partial charge in [0.2, 0.25) is 0 Å². The van der Waals surface area contributed by atoms with Crippen LogP contribution in [0.5, 0.6) is 0 Å². The second kappa shape index (κ2) is 4.78. The highest BCUT2D eigenvalue weighted by atomic mass is 16.5. The highest BCUT2D eigenvalue weighted by Gasteiger charge is 1.99. The van der Waals surface area contributed by atoms with E-state index in [4.69, 9.17) is 10.5 Å². The van der Waals surface area contributed by atoms with Crippen LogP contribution in [0.4, 0.5) is 0 Å². The topological polar surface area (TPSA) is 75.1 Å².